The number of thioether (sulfide) groups is 1. The molecule has 29 heavy (non-hydrogen) atoms. The highest BCUT2D eigenvalue weighted by atomic mass is 35.5. The van der Waals surface area contributed by atoms with Crippen molar-refractivity contribution >= 4 is 23.4 Å². The van der Waals surface area contributed by atoms with Gasteiger partial charge in [-0.05, 0) is 24.1 Å². The van der Waals surface area contributed by atoms with Crippen LogP contribution in [0.5, 0.6) is 0 Å². The molecule has 2 nitrogen and oxygen atoms in total. The van der Waals surface area contributed by atoms with Crippen molar-refractivity contribution < 1.29 is 0 Å². The minimum absolute atomic E-state index is 0.768. The summed E-state index contributed by atoms with van der Waals surface area (Å²) >= 11 is 7.81. The third kappa shape index (κ3) is 4.58. The highest BCUT2D eigenvalue weighted by molar-refractivity contribution is 7.98. The maximum absolute atomic E-state index is 6.03. The number of nitrogens with zero attached hydrogens (tertiary/aromatic N) is 2. The Bertz CT molecular complexity index is 1060. The molecule has 4 rings (SSSR count). The lowest BCUT2D eigenvalue weighted by molar-refractivity contribution is 0.626. The molecular formula is C25H23ClN2S. The highest BCUT2D eigenvalue weighted by Gasteiger charge is 2.19. The average molecular weight is 419 g/mol. The van der Waals surface area contributed by atoms with Crippen molar-refractivity contribution in [3.63, 3.8) is 0 Å². The smallest absolute Gasteiger partial charge is 0.169 e. The lowest BCUT2D eigenvalue weighted by Gasteiger charge is -2.12. The fourth-order valence-electron chi connectivity index (χ4n) is 3.39. The normalized spacial score (nSPS) is 11.0. The molecule has 0 atom stereocenters. The summed E-state index contributed by atoms with van der Waals surface area (Å²) in [6, 6.07) is 29.1. The van der Waals surface area contributed by atoms with Crippen molar-refractivity contribution in [2.45, 2.75) is 30.8 Å². The van der Waals surface area contributed by atoms with Crippen LogP contribution in [0.3, 0.4) is 0 Å². The van der Waals surface area contributed by atoms with Crippen molar-refractivity contribution in [2.24, 2.45) is 0 Å². The summed E-state index contributed by atoms with van der Waals surface area (Å²) in [5, 5.41) is 1.82. The van der Waals surface area contributed by atoms with E-state index < -0.39 is 0 Å². The molecule has 1 aromatic heterocycles. The van der Waals surface area contributed by atoms with E-state index in [-0.39, 0.29) is 0 Å². The Morgan fingerprint density at radius 3 is 2.07 bits per heavy atom. The molecule has 0 aliphatic rings. The SMILES string of the molecule is CCCn1c(SCc2ccc(Cl)cc2)nc(-c2ccccc2)c1-c1ccccc1. The molecule has 146 valence electrons. The summed E-state index contributed by atoms with van der Waals surface area (Å²) in [5.41, 5.74) is 5.83. The predicted molar refractivity (Wildman–Crippen MR) is 124 cm³/mol. The van der Waals surface area contributed by atoms with Crippen LogP contribution in [-0.4, -0.2) is 9.55 Å². The van der Waals surface area contributed by atoms with Crippen molar-refractivity contribution in [1.82, 2.24) is 9.55 Å². The lowest BCUT2D eigenvalue weighted by atomic mass is 10.0. The van der Waals surface area contributed by atoms with Gasteiger partial charge in [0.25, 0.3) is 0 Å². The summed E-state index contributed by atoms with van der Waals surface area (Å²) < 4.78 is 2.37. The minimum Gasteiger partial charge on any atom is -0.318 e. The molecule has 1 heterocycles. The van der Waals surface area contributed by atoms with Crippen LogP contribution < -0.4 is 0 Å². The van der Waals surface area contributed by atoms with E-state index in [1.807, 2.05) is 18.2 Å². The molecule has 0 amide bonds. The van der Waals surface area contributed by atoms with Crippen LogP contribution >= 0.6 is 23.4 Å². The number of rotatable bonds is 7. The maximum atomic E-state index is 6.03. The van der Waals surface area contributed by atoms with Gasteiger partial charge in [-0.2, -0.15) is 0 Å². The van der Waals surface area contributed by atoms with Crippen LogP contribution in [0.25, 0.3) is 22.5 Å². The summed E-state index contributed by atoms with van der Waals surface area (Å²) in [7, 11) is 0. The molecule has 0 bridgehead atoms. The zero-order valence-electron chi connectivity index (χ0n) is 16.4. The number of halogens is 1. The molecule has 0 aliphatic carbocycles. The van der Waals surface area contributed by atoms with Gasteiger partial charge in [-0.25, -0.2) is 4.98 Å². The number of imidazole rings is 1. The topological polar surface area (TPSA) is 17.8 Å². The van der Waals surface area contributed by atoms with E-state index >= 15 is 0 Å². The fraction of sp³-hybridized carbons (Fsp3) is 0.160. The molecule has 0 N–H and O–H groups in total. The predicted octanol–water partition coefficient (Wildman–Crippen LogP) is 7.57. The second kappa shape index (κ2) is 9.34. The van der Waals surface area contributed by atoms with E-state index in [2.05, 4.69) is 78.2 Å². The minimum atomic E-state index is 0.768. The summed E-state index contributed by atoms with van der Waals surface area (Å²) in [5.74, 6) is 0.861. The first kappa shape index (κ1) is 19.8. The largest absolute Gasteiger partial charge is 0.318 e. The lowest BCUT2D eigenvalue weighted by Crippen LogP contribution is -2.02. The van der Waals surface area contributed by atoms with Gasteiger partial charge in [0.2, 0.25) is 0 Å². The molecule has 0 saturated heterocycles. The van der Waals surface area contributed by atoms with Crippen LogP contribution in [0.2, 0.25) is 5.02 Å². The van der Waals surface area contributed by atoms with Gasteiger partial charge < -0.3 is 4.57 Å². The van der Waals surface area contributed by atoms with Crippen molar-refractivity contribution in [3.8, 4) is 22.5 Å². The molecule has 0 radical (unpaired) electrons. The van der Waals surface area contributed by atoms with E-state index in [0.717, 1.165) is 40.2 Å². The van der Waals surface area contributed by atoms with Gasteiger partial charge in [-0.3, -0.25) is 0 Å². The van der Waals surface area contributed by atoms with Crippen LogP contribution in [-0.2, 0) is 12.3 Å². The van der Waals surface area contributed by atoms with Gasteiger partial charge in [-0.15, -0.1) is 0 Å². The van der Waals surface area contributed by atoms with Gasteiger partial charge in [0.1, 0.15) is 0 Å². The van der Waals surface area contributed by atoms with Crippen LogP contribution in [0, 0.1) is 0 Å². The monoisotopic (exact) mass is 418 g/mol. The van der Waals surface area contributed by atoms with Gasteiger partial charge >= 0.3 is 0 Å². The summed E-state index contributed by atoms with van der Waals surface area (Å²) in [6.45, 7) is 3.15. The first-order valence-electron chi connectivity index (χ1n) is 9.85. The Hall–Kier alpha value is -2.49. The Labute approximate surface area is 181 Å². The summed E-state index contributed by atoms with van der Waals surface area (Å²) in [6.07, 6.45) is 1.05. The molecule has 3 aromatic carbocycles. The molecule has 0 fully saturated rings. The fourth-order valence-corrected chi connectivity index (χ4v) is 4.50. The summed E-state index contributed by atoms with van der Waals surface area (Å²) in [4.78, 5) is 5.11. The first-order valence-corrected chi connectivity index (χ1v) is 11.2. The third-order valence-electron chi connectivity index (χ3n) is 4.76. The standard InChI is InChI=1S/C25H23ClN2S/c1-2-17-28-24(21-11-7-4-8-12-21)23(20-9-5-3-6-10-20)27-25(28)29-18-19-13-15-22(26)16-14-19/h3-16H,2,17-18H2,1H3. The third-order valence-corrected chi connectivity index (χ3v) is 6.05. The van der Waals surface area contributed by atoms with Crippen LogP contribution in [0.1, 0.15) is 18.9 Å². The second-order valence-electron chi connectivity index (χ2n) is 6.89. The van der Waals surface area contributed by atoms with Gasteiger partial charge in [0.05, 0.1) is 11.4 Å². The highest BCUT2D eigenvalue weighted by Crippen LogP contribution is 2.37. The molecule has 4 heteroatoms. The Kier molecular flexibility index (Phi) is 6.38. The Balaban J connectivity index is 1.78. The van der Waals surface area contributed by atoms with Gasteiger partial charge in [0.15, 0.2) is 5.16 Å². The van der Waals surface area contributed by atoms with Crippen LogP contribution in [0.15, 0.2) is 90.1 Å². The van der Waals surface area contributed by atoms with Crippen molar-refractivity contribution in [2.75, 3.05) is 0 Å². The molecule has 4 aromatic rings. The Morgan fingerprint density at radius 2 is 1.45 bits per heavy atom. The van der Waals surface area contributed by atoms with Crippen molar-refractivity contribution in [3.05, 3.63) is 95.5 Å². The molecule has 0 spiro atoms. The number of aromatic nitrogens is 2. The zero-order chi connectivity index (χ0) is 20.1. The molecule has 0 unspecified atom stereocenters. The number of benzene rings is 3. The number of hydrogen-bond donors (Lipinski definition) is 0. The average Bonchev–Trinajstić information content (AvgIpc) is 3.13. The van der Waals surface area contributed by atoms with E-state index in [9.17, 15) is 0 Å². The van der Waals surface area contributed by atoms with E-state index in [0.29, 0.717) is 0 Å². The zero-order valence-corrected chi connectivity index (χ0v) is 18.0. The molecule has 0 saturated carbocycles. The second-order valence-corrected chi connectivity index (χ2v) is 8.27. The quantitative estimate of drug-likeness (QED) is 0.288. The van der Waals surface area contributed by atoms with E-state index in [1.165, 1.54) is 16.8 Å². The maximum Gasteiger partial charge on any atom is 0.169 e. The Morgan fingerprint density at radius 1 is 0.828 bits per heavy atom. The first-order chi connectivity index (χ1) is 14.3. The molecule has 0 aliphatic heterocycles. The van der Waals surface area contributed by atoms with Crippen molar-refractivity contribution in [1.29, 1.82) is 0 Å². The van der Waals surface area contributed by atoms with Gasteiger partial charge in [0, 0.05) is 28.4 Å². The van der Waals surface area contributed by atoms with E-state index in [4.69, 9.17) is 16.6 Å². The van der Waals surface area contributed by atoms with Crippen LogP contribution in [0.4, 0.5) is 0 Å². The number of hydrogen-bond acceptors (Lipinski definition) is 2. The van der Waals surface area contributed by atoms with E-state index in [1.54, 1.807) is 11.8 Å². The van der Waals surface area contributed by atoms with Gasteiger partial charge in [-0.1, -0.05) is 103 Å². The molecular weight excluding hydrogens is 396 g/mol.